The molecule has 0 aliphatic rings. The Balaban J connectivity index is 2.30. The van der Waals surface area contributed by atoms with Gasteiger partial charge in [0.05, 0.1) is 11.3 Å². The predicted molar refractivity (Wildman–Crippen MR) is 83.4 cm³/mol. The zero-order chi connectivity index (χ0) is 14.7. The van der Waals surface area contributed by atoms with E-state index in [2.05, 4.69) is 5.32 Å². The summed E-state index contributed by atoms with van der Waals surface area (Å²) < 4.78 is 0. The van der Waals surface area contributed by atoms with Crippen LogP contribution in [-0.2, 0) is 0 Å². The van der Waals surface area contributed by atoms with Crippen molar-refractivity contribution in [2.45, 2.75) is 0 Å². The van der Waals surface area contributed by atoms with Gasteiger partial charge in [0.15, 0.2) is 0 Å². The molecule has 20 heavy (non-hydrogen) atoms. The standard InChI is InChI=1S/C14H11ClN2O2S/c15-8-5-6-10(12(18)7-8)14(19)17-11-4-2-1-3-9(11)13(16)20/h1-7,18H,(H2,16,20)(H,17,19). The van der Waals surface area contributed by atoms with Crippen LogP contribution in [0.4, 0.5) is 5.69 Å². The van der Waals surface area contributed by atoms with Gasteiger partial charge < -0.3 is 16.2 Å². The quantitative estimate of drug-likeness (QED) is 0.762. The monoisotopic (exact) mass is 306 g/mol. The lowest BCUT2D eigenvalue weighted by Gasteiger charge is -2.10. The van der Waals surface area contributed by atoms with Crippen LogP contribution in [0, 0.1) is 0 Å². The number of amides is 1. The molecule has 0 radical (unpaired) electrons. The molecule has 0 atom stereocenters. The van der Waals surface area contributed by atoms with Crippen molar-refractivity contribution in [2.75, 3.05) is 5.32 Å². The fourth-order valence-corrected chi connectivity index (χ4v) is 2.04. The molecular formula is C14H11ClN2O2S. The zero-order valence-corrected chi connectivity index (χ0v) is 11.8. The number of halogens is 1. The van der Waals surface area contributed by atoms with Crippen molar-refractivity contribution in [1.29, 1.82) is 0 Å². The summed E-state index contributed by atoms with van der Waals surface area (Å²) in [7, 11) is 0. The van der Waals surface area contributed by atoms with Crippen LogP contribution in [0.3, 0.4) is 0 Å². The Morgan fingerprint density at radius 2 is 1.90 bits per heavy atom. The number of carbonyl (C=O) groups excluding carboxylic acids is 1. The Morgan fingerprint density at radius 1 is 1.20 bits per heavy atom. The summed E-state index contributed by atoms with van der Waals surface area (Å²) in [6, 6.07) is 11.2. The molecule has 0 unspecified atom stereocenters. The smallest absolute Gasteiger partial charge is 0.259 e. The van der Waals surface area contributed by atoms with Gasteiger partial charge in [0.2, 0.25) is 0 Å². The maximum absolute atomic E-state index is 12.1. The van der Waals surface area contributed by atoms with Crippen LogP contribution >= 0.6 is 23.8 Å². The average molecular weight is 307 g/mol. The van der Waals surface area contributed by atoms with Crippen LogP contribution in [-0.4, -0.2) is 16.0 Å². The molecule has 4 nitrogen and oxygen atoms in total. The summed E-state index contributed by atoms with van der Waals surface area (Å²) in [6.07, 6.45) is 0. The van der Waals surface area contributed by atoms with Crippen molar-refractivity contribution in [3.05, 3.63) is 58.6 Å². The molecule has 4 N–H and O–H groups in total. The fourth-order valence-electron chi connectivity index (χ4n) is 1.69. The molecule has 2 rings (SSSR count). The maximum atomic E-state index is 12.1. The molecule has 6 heteroatoms. The van der Waals surface area contributed by atoms with Crippen LogP contribution in [0.1, 0.15) is 15.9 Å². The highest BCUT2D eigenvalue weighted by Gasteiger charge is 2.13. The molecule has 2 aromatic rings. The van der Waals surface area contributed by atoms with Gasteiger partial charge in [-0.05, 0) is 30.3 Å². The maximum Gasteiger partial charge on any atom is 0.259 e. The van der Waals surface area contributed by atoms with E-state index in [-0.39, 0.29) is 16.3 Å². The first-order chi connectivity index (χ1) is 9.49. The van der Waals surface area contributed by atoms with Gasteiger partial charge in [-0.3, -0.25) is 4.79 Å². The number of rotatable bonds is 3. The number of benzene rings is 2. The Labute approximate surface area is 126 Å². The molecule has 0 bridgehead atoms. The van der Waals surface area contributed by atoms with Crippen LogP contribution in [0.2, 0.25) is 5.02 Å². The van der Waals surface area contributed by atoms with E-state index in [0.29, 0.717) is 16.3 Å². The number of phenols is 1. The lowest BCUT2D eigenvalue weighted by Crippen LogP contribution is -2.17. The minimum Gasteiger partial charge on any atom is -0.507 e. The predicted octanol–water partition coefficient (Wildman–Crippen LogP) is 2.93. The van der Waals surface area contributed by atoms with Gasteiger partial charge in [0.1, 0.15) is 10.7 Å². The summed E-state index contributed by atoms with van der Waals surface area (Å²) in [5, 5.41) is 12.7. The number of phenolic OH excluding ortho intramolecular Hbond substituents is 1. The lowest BCUT2D eigenvalue weighted by molar-refractivity contribution is 0.102. The summed E-state index contributed by atoms with van der Waals surface area (Å²) >= 11 is 10.6. The van der Waals surface area contributed by atoms with Gasteiger partial charge in [0.25, 0.3) is 5.91 Å². The van der Waals surface area contributed by atoms with Gasteiger partial charge >= 0.3 is 0 Å². The van der Waals surface area contributed by atoms with Gasteiger partial charge in [-0.25, -0.2) is 0 Å². The Morgan fingerprint density at radius 3 is 2.55 bits per heavy atom. The fraction of sp³-hybridized carbons (Fsp3) is 0. The van der Waals surface area contributed by atoms with E-state index in [1.807, 2.05) is 0 Å². The first-order valence-corrected chi connectivity index (χ1v) is 6.46. The van der Waals surface area contributed by atoms with Gasteiger partial charge in [-0.1, -0.05) is 36.0 Å². The van der Waals surface area contributed by atoms with Crippen molar-refractivity contribution in [3.63, 3.8) is 0 Å². The third-order valence-corrected chi connectivity index (χ3v) is 3.10. The molecule has 2 aromatic carbocycles. The van der Waals surface area contributed by atoms with E-state index in [4.69, 9.17) is 29.6 Å². The molecular weight excluding hydrogens is 296 g/mol. The molecule has 0 fully saturated rings. The molecule has 0 saturated heterocycles. The summed E-state index contributed by atoms with van der Waals surface area (Å²) in [6.45, 7) is 0. The number of para-hydroxylation sites is 1. The minimum absolute atomic E-state index is 0.118. The second kappa shape index (κ2) is 5.90. The van der Waals surface area contributed by atoms with Crippen molar-refractivity contribution < 1.29 is 9.90 Å². The number of nitrogens with two attached hydrogens (primary N) is 1. The second-order valence-corrected chi connectivity index (χ2v) is 4.90. The molecule has 102 valence electrons. The highest BCUT2D eigenvalue weighted by atomic mass is 35.5. The molecule has 0 aliphatic heterocycles. The minimum atomic E-state index is -0.470. The first kappa shape index (κ1) is 14.3. The summed E-state index contributed by atoms with van der Waals surface area (Å²) in [5.41, 5.74) is 6.75. The average Bonchev–Trinajstić information content (AvgIpc) is 2.38. The number of hydrogen-bond acceptors (Lipinski definition) is 3. The van der Waals surface area contributed by atoms with Crippen molar-refractivity contribution in [3.8, 4) is 5.75 Å². The Bertz CT molecular complexity index is 689. The molecule has 0 heterocycles. The van der Waals surface area contributed by atoms with E-state index < -0.39 is 5.91 Å². The van der Waals surface area contributed by atoms with E-state index in [1.54, 1.807) is 24.3 Å². The van der Waals surface area contributed by atoms with Crippen molar-refractivity contribution in [1.82, 2.24) is 0 Å². The van der Waals surface area contributed by atoms with Crippen molar-refractivity contribution in [2.24, 2.45) is 5.73 Å². The molecule has 0 aliphatic carbocycles. The normalized spacial score (nSPS) is 10.1. The number of hydrogen-bond donors (Lipinski definition) is 3. The second-order valence-electron chi connectivity index (χ2n) is 4.03. The Kier molecular flexibility index (Phi) is 4.22. The SMILES string of the molecule is NC(=S)c1ccccc1NC(=O)c1ccc(Cl)cc1O. The number of anilines is 1. The van der Waals surface area contributed by atoms with Crippen LogP contribution in [0.5, 0.6) is 5.75 Å². The summed E-state index contributed by atoms with van der Waals surface area (Å²) in [4.78, 5) is 12.3. The molecule has 0 spiro atoms. The number of aromatic hydroxyl groups is 1. The van der Waals surface area contributed by atoms with E-state index in [9.17, 15) is 9.90 Å². The molecule has 0 saturated carbocycles. The summed E-state index contributed by atoms with van der Waals surface area (Å²) in [5.74, 6) is -0.661. The largest absolute Gasteiger partial charge is 0.507 e. The third kappa shape index (κ3) is 3.07. The van der Waals surface area contributed by atoms with Crippen LogP contribution in [0.25, 0.3) is 0 Å². The van der Waals surface area contributed by atoms with Crippen LogP contribution in [0.15, 0.2) is 42.5 Å². The lowest BCUT2D eigenvalue weighted by atomic mass is 10.1. The molecule has 0 aromatic heterocycles. The van der Waals surface area contributed by atoms with Gasteiger partial charge in [-0.2, -0.15) is 0 Å². The van der Waals surface area contributed by atoms with Crippen molar-refractivity contribution >= 4 is 40.4 Å². The zero-order valence-electron chi connectivity index (χ0n) is 10.3. The van der Waals surface area contributed by atoms with Gasteiger partial charge in [0, 0.05) is 10.6 Å². The van der Waals surface area contributed by atoms with E-state index in [1.165, 1.54) is 18.2 Å². The topological polar surface area (TPSA) is 75.3 Å². The highest BCUT2D eigenvalue weighted by molar-refractivity contribution is 7.80. The third-order valence-electron chi connectivity index (χ3n) is 2.65. The van der Waals surface area contributed by atoms with E-state index in [0.717, 1.165) is 0 Å². The van der Waals surface area contributed by atoms with E-state index >= 15 is 0 Å². The first-order valence-electron chi connectivity index (χ1n) is 5.67. The highest BCUT2D eigenvalue weighted by Crippen LogP contribution is 2.23. The number of nitrogens with one attached hydrogen (secondary N) is 1. The Hall–Kier alpha value is -2.11. The van der Waals surface area contributed by atoms with Gasteiger partial charge in [-0.15, -0.1) is 0 Å². The molecule has 1 amide bonds. The number of carbonyl (C=O) groups is 1. The number of thiocarbonyl (C=S) groups is 1. The van der Waals surface area contributed by atoms with Crippen LogP contribution < -0.4 is 11.1 Å².